The molecular weight excluding hydrogens is 334 g/mol. The van der Waals surface area contributed by atoms with Crippen LogP contribution in [-0.2, 0) is 6.42 Å². The van der Waals surface area contributed by atoms with Crippen molar-refractivity contribution >= 4 is 27.3 Å². The number of rotatable bonds is 4. The summed E-state index contributed by atoms with van der Waals surface area (Å²) in [5.41, 5.74) is 2.64. The van der Waals surface area contributed by atoms with Crippen LogP contribution in [0.2, 0.25) is 0 Å². The Morgan fingerprint density at radius 3 is 3.00 bits per heavy atom. The summed E-state index contributed by atoms with van der Waals surface area (Å²) in [6.45, 7) is 5.21. The monoisotopic (exact) mass is 351 g/mol. The zero-order chi connectivity index (χ0) is 14.1. The normalized spacial score (nSPS) is 18.6. The molecule has 1 aromatic heterocycles. The Morgan fingerprint density at radius 1 is 1.45 bits per heavy atom. The Labute approximate surface area is 132 Å². The van der Waals surface area contributed by atoms with Crippen LogP contribution in [0.5, 0.6) is 5.75 Å². The van der Waals surface area contributed by atoms with E-state index in [4.69, 9.17) is 4.74 Å². The van der Waals surface area contributed by atoms with Gasteiger partial charge in [-0.25, -0.2) is 0 Å². The van der Waals surface area contributed by atoms with Crippen LogP contribution in [0.1, 0.15) is 35.9 Å². The lowest BCUT2D eigenvalue weighted by atomic mass is 10.0. The van der Waals surface area contributed by atoms with Crippen LogP contribution in [0, 0.1) is 0 Å². The molecule has 0 fully saturated rings. The van der Waals surface area contributed by atoms with E-state index in [1.165, 1.54) is 20.5 Å². The maximum absolute atomic E-state index is 5.79. The van der Waals surface area contributed by atoms with Gasteiger partial charge >= 0.3 is 0 Å². The third kappa shape index (κ3) is 2.65. The van der Waals surface area contributed by atoms with Gasteiger partial charge in [-0.2, -0.15) is 0 Å². The Kier molecular flexibility index (Phi) is 4.15. The summed E-state index contributed by atoms with van der Waals surface area (Å²) in [5, 5.41) is 5.71. The van der Waals surface area contributed by atoms with Gasteiger partial charge in [0, 0.05) is 15.8 Å². The molecule has 1 aliphatic rings. The Morgan fingerprint density at radius 2 is 2.30 bits per heavy atom. The molecule has 2 unspecified atom stereocenters. The standard InChI is InChI=1S/C16H18BrNOS/c1-3-18-15(16-13(17)6-7-20-16)11-4-5-14-12(9-11)8-10(2)19-14/h4-7,9-10,15,18H,3,8H2,1-2H3. The number of benzene rings is 1. The smallest absolute Gasteiger partial charge is 0.123 e. The summed E-state index contributed by atoms with van der Waals surface area (Å²) < 4.78 is 6.97. The number of halogens is 1. The summed E-state index contributed by atoms with van der Waals surface area (Å²) in [4.78, 5) is 1.33. The van der Waals surface area contributed by atoms with Gasteiger partial charge in [-0.1, -0.05) is 19.1 Å². The predicted molar refractivity (Wildman–Crippen MR) is 87.8 cm³/mol. The van der Waals surface area contributed by atoms with Crippen LogP contribution in [0.15, 0.2) is 34.1 Å². The molecule has 2 heterocycles. The molecule has 2 nitrogen and oxygen atoms in total. The zero-order valence-corrected chi connectivity index (χ0v) is 14.1. The number of ether oxygens (including phenoxy) is 1. The molecule has 0 aliphatic carbocycles. The van der Waals surface area contributed by atoms with Crippen molar-refractivity contribution in [3.05, 3.63) is 50.1 Å². The molecule has 1 aromatic carbocycles. The van der Waals surface area contributed by atoms with Gasteiger partial charge in [0.25, 0.3) is 0 Å². The highest BCUT2D eigenvalue weighted by atomic mass is 79.9. The van der Waals surface area contributed by atoms with Crippen molar-refractivity contribution in [2.75, 3.05) is 6.54 Å². The van der Waals surface area contributed by atoms with Gasteiger partial charge in [-0.3, -0.25) is 0 Å². The number of hydrogen-bond acceptors (Lipinski definition) is 3. The molecule has 0 spiro atoms. The van der Waals surface area contributed by atoms with Crippen molar-refractivity contribution in [2.45, 2.75) is 32.4 Å². The van der Waals surface area contributed by atoms with Crippen molar-refractivity contribution in [1.29, 1.82) is 0 Å². The molecule has 4 heteroatoms. The Balaban J connectivity index is 1.97. The SMILES string of the molecule is CCNC(c1ccc2c(c1)CC(C)O2)c1sccc1Br. The minimum absolute atomic E-state index is 0.246. The van der Waals surface area contributed by atoms with Crippen molar-refractivity contribution in [3.8, 4) is 5.75 Å². The average molecular weight is 352 g/mol. The van der Waals surface area contributed by atoms with Gasteiger partial charge in [0.15, 0.2) is 0 Å². The van der Waals surface area contributed by atoms with Gasteiger partial charge in [0.1, 0.15) is 11.9 Å². The largest absolute Gasteiger partial charge is 0.490 e. The summed E-state index contributed by atoms with van der Waals surface area (Å²) in [6.07, 6.45) is 1.31. The number of thiophene rings is 1. The van der Waals surface area contributed by atoms with E-state index in [-0.39, 0.29) is 6.04 Å². The Hall–Kier alpha value is -0.840. The van der Waals surface area contributed by atoms with Crippen LogP contribution in [0.4, 0.5) is 0 Å². The highest BCUT2D eigenvalue weighted by Gasteiger charge is 2.23. The second-order valence-corrected chi connectivity index (χ2v) is 6.93. The van der Waals surface area contributed by atoms with Crippen molar-refractivity contribution in [3.63, 3.8) is 0 Å². The van der Waals surface area contributed by atoms with Gasteiger partial charge in [0.05, 0.1) is 6.04 Å². The molecule has 3 rings (SSSR count). The fraction of sp³-hybridized carbons (Fsp3) is 0.375. The third-order valence-corrected chi connectivity index (χ3v) is 5.50. The zero-order valence-electron chi connectivity index (χ0n) is 11.7. The number of nitrogens with one attached hydrogen (secondary N) is 1. The van der Waals surface area contributed by atoms with E-state index in [1.807, 2.05) is 0 Å². The molecule has 106 valence electrons. The van der Waals surface area contributed by atoms with Crippen molar-refractivity contribution in [2.24, 2.45) is 0 Å². The molecule has 1 N–H and O–H groups in total. The first-order valence-corrected chi connectivity index (χ1v) is 8.62. The average Bonchev–Trinajstić information content (AvgIpc) is 3.00. The number of hydrogen-bond donors (Lipinski definition) is 1. The van der Waals surface area contributed by atoms with Gasteiger partial charge < -0.3 is 10.1 Å². The van der Waals surface area contributed by atoms with E-state index in [0.717, 1.165) is 18.7 Å². The van der Waals surface area contributed by atoms with E-state index in [9.17, 15) is 0 Å². The second kappa shape index (κ2) is 5.88. The van der Waals surface area contributed by atoms with Crippen molar-refractivity contribution < 1.29 is 4.74 Å². The lowest BCUT2D eigenvalue weighted by Crippen LogP contribution is -2.21. The quantitative estimate of drug-likeness (QED) is 0.873. The summed E-state index contributed by atoms with van der Waals surface area (Å²) in [7, 11) is 0. The minimum atomic E-state index is 0.246. The van der Waals surface area contributed by atoms with E-state index in [1.54, 1.807) is 11.3 Å². The minimum Gasteiger partial charge on any atom is -0.490 e. The molecular formula is C16H18BrNOS. The van der Waals surface area contributed by atoms with Gasteiger partial charge in [-0.05, 0) is 58.0 Å². The van der Waals surface area contributed by atoms with Gasteiger partial charge in [0.2, 0.25) is 0 Å². The molecule has 20 heavy (non-hydrogen) atoms. The van der Waals surface area contributed by atoms with Gasteiger partial charge in [-0.15, -0.1) is 11.3 Å². The first kappa shape index (κ1) is 14.1. The molecule has 0 saturated carbocycles. The van der Waals surface area contributed by atoms with Crippen LogP contribution >= 0.6 is 27.3 Å². The highest BCUT2D eigenvalue weighted by molar-refractivity contribution is 9.10. The lowest BCUT2D eigenvalue weighted by Gasteiger charge is -2.18. The number of fused-ring (bicyclic) bond motifs is 1. The summed E-state index contributed by atoms with van der Waals surface area (Å²) in [6, 6.07) is 8.94. The summed E-state index contributed by atoms with van der Waals surface area (Å²) in [5.74, 6) is 1.04. The third-order valence-electron chi connectivity index (χ3n) is 3.57. The molecule has 2 aromatic rings. The summed E-state index contributed by atoms with van der Waals surface area (Å²) >= 11 is 5.44. The van der Waals surface area contributed by atoms with Crippen LogP contribution in [0.25, 0.3) is 0 Å². The molecule has 0 saturated heterocycles. The fourth-order valence-electron chi connectivity index (χ4n) is 2.70. The maximum Gasteiger partial charge on any atom is 0.123 e. The maximum atomic E-state index is 5.79. The lowest BCUT2D eigenvalue weighted by molar-refractivity contribution is 0.254. The first-order valence-electron chi connectivity index (χ1n) is 6.94. The molecule has 0 radical (unpaired) electrons. The van der Waals surface area contributed by atoms with E-state index < -0.39 is 0 Å². The van der Waals surface area contributed by atoms with E-state index >= 15 is 0 Å². The van der Waals surface area contributed by atoms with Crippen molar-refractivity contribution in [1.82, 2.24) is 5.32 Å². The molecule has 1 aliphatic heterocycles. The van der Waals surface area contributed by atoms with Crippen LogP contribution in [-0.4, -0.2) is 12.6 Å². The Bertz CT molecular complexity index is 610. The van der Waals surface area contributed by atoms with Crippen LogP contribution < -0.4 is 10.1 Å². The van der Waals surface area contributed by atoms with E-state index in [2.05, 4.69) is 64.7 Å². The van der Waals surface area contributed by atoms with E-state index in [0.29, 0.717) is 6.10 Å². The van der Waals surface area contributed by atoms with Crippen LogP contribution in [0.3, 0.4) is 0 Å². The highest BCUT2D eigenvalue weighted by Crippen LogP contribution is 2.36. The molecule has 0 amide bonds. The first-order chi connectivity index (χ1) is 9.69. The molecule has 2 atom stereocenters. The second-order valence-electron chi connectivity index (χ2n) is 5.12. The predicted octanol–water partition coefficient (Wildman–Crippen LogP) is 4.53. The fourth-order valence-corrected chi connectivity index (χ4v) is 4.40. The molecule has 0 bridgehead atoms. The topological polar surface area (TPSA) is 21.3 Å².